The quantitative estimate of drug-likeness (QED) is 0.596. The second kappa shape index (κ2) is 9.56. The van der Waals surface area contributed by atoms with Crippen LogP contribution in [-0.2, 0) is 19.6 Å². The first-order valence-electron chi connectivity index (χ1n) is 10.8. The molecule has 174 valence electrons. The number of carbonyl (C=O) groups excluding carboxylic acids is 2. The smallest absolute Gasteiger partial charge is 0.338 e. The molecule has 1 N–H and O–H groups in total. The van der Waals surface area contributed by atoms with E-state index >= 15 is 0 Å². The van der Waals surface area contributed by atoms with Crippen molar-refractivity contribution >= 4 is 44.5 Å². The van der Waals surface area contributed by atoms with Crippen molar-refractivity contribution in [2.45, 2.75) is 43.7 Å². The van der Waals surface area contributed by atoms with Gasteiger partial charge < -0.3 is 15.0 Å². The first-order chi connectivity index (χ1) is 15.8. The Balaban J connectivity index is 1.42. The maximum absolute atomic E-state index is 12.7. The minimum absolute atomic E-state index is 0.0467. The number of nitrogens with one attached hydrogen (secondary N) is 1. The average molecular weight is 488 g/mol. The molecule has 2 aromatic carbocycles. The number of nitrogens with zero attached hydrogens (tertiary/aromatic N) is 2. The molecule has 0 bridgehead atoms. The van der Waals surface area contributed by atoms with Crippen LogP contribution in [0.2, 0.25) is 0 Å². The van der Waals surface area contributed by atoms with Gasteiger partial charge in [0.25, 0.3) is 15.9 Å². The first kappa shape index (κ1) is 23.3. The van der Waals surface area contributed by atoms with Gasteiger partial charge >= 0.3 is 5.97 Å². The molecule has 2 heterocycles. The van der Waals surface area contributed by atoms with Gasteiger partial charge in [0.05, 0.1) is 23.0 Å². The van der Waals surface area contributed by atoms with Crippen molar-refractivity contribution in [2.75, 3.05) is 17.2 Å². The highest BCUT2D eigenvalue weighted by molar-refractivity contribution is 8.15. The lowest BCUT2D eigenvalue weighted by molar-refractivity contribution is -0.129. The molecule has 2 aromatic rings. The van der Waals surface area contributed by atoms with Crippen molar-refractivity contribution in [3.8, 4) is 0 Å². The van der Waals surface area contributed by atoms with Gasteiger partial charge in [-0.2, -0.15) is 0 Å². The molecular weight excluding hydrogens is 462 g/mol. The van der Waals surface area contributed by atoms with Crippen LogP contribution in [0.15, 0.2) is 57.8 Å². The van der Waals surface area contributed by atoms with Gasteiger partial charge in [0.2, 0.25) is 0 Å². The van der Waals surface area contributed by atoms with Crippen molar-refractivity contribution in [1.29, 1.82) is 0 Å². The van der Waals surface area contributed by atoms with Crippen LogP contribution in [-0.4, -0.2) is 43.9 Å². The van der Waals surface area contributed by atoms with Crippen molar-refractivity contribution in [3.63, 3.8) is 0 Å². The molecule has 0 saturated heterocycles. The first-order valence-corrected chi connectivity index (χ1v) is 13.2. The summed E-state index contributed by atoms with van der Waals surface area (Å²) in [6, 6.07) is 14.5. The summed E-state index contributed by atoms with van der Waals surface area (Å²) in [7, 11) is -3.45. The van der Waals surface area contributed by atoms with Crippen LogP contribution in [0.4, 0.5) is 5.69 Å². The lowest BCUT2D eigenvalue weighted by atomic mass is 10.0. The van der Waals surface area contributed by atoms with Gasteiger partial charge in [-0.3, -0.25) is 4.79 Å². The van der Waals surface area contributed by atoms with E-state index in [2.05, 4.69) is 9.71 Å². The fourth-order valence-corrected chi connectivity index (χ4v) is 6.02. The largest absolute Gasteiger partial charge is 0.449 e. The Bertz CT molecular complexity index is 1200. The van der Waals surface area contributed by atoms with Crippen molar-refractivity contribution in [1.82, 2.24) is 5.32 Å². The van der Waals surface area contributed by atoms with Crippen LogP contribution >= 0.6 is 11.8 Å². The number of amides is 1. The van der Waals surface area contributed by atoms with Gasteiger partial charge in [0, 0.05) is 11.4 Å². The molecule has 0 saturated carbocycles. The number of sulfonamides is 1. The summed E-state index contributed by atoms with van der Waals surface area (Å²) in [6.45, 7) is 3.91. The van der Waals surface area contributed by atoms with E-state index in [1.54, 1.807) is 25.1 Å². The van der Waals surface area contributed by atoms with Crippen molar-refractivity contribution < 1.29 is 22.7 Å². The molecule has 0 spiro atoms. The van der Waals surface area contributed by atoms with Gasteiger partial charge in [-0.05, 0) is 48.9 Å². The highest BCUT2D eigenvalue weighted by Crippen LogP contribution is 2.42. The monoisotopic (exact) mass is 487 g/mol. The molecule has 1 amide bonds. The highest BCUT2D eigenvalue weighted by atomic mass is 32.2. The van der Waals surface area contributed by atoms with Crippen LogP contribution in [0.1, 0.15) is 48.7 Å². The summed E-state index contributed by atoms with van der Waals surface area (Å²) in [5.74, 6) is -1.03. The number of hydrogen-bond acceptors (Lipinski definition) is 7. The van der Waals surface area contributed by atoms with Crippen LogP contribution in [0.5, 0.6) is 0 Å². The molecule has 8 nitrogen and oxygen atoms in total. The number of anilines is 1. The Labute approximate surface area is 197 Å². The third kappa shape index (κ3) is 5.22. The number of thioether (sulfide) groups is 1. The predicted molar refractivity (Wildman–Crippen MR) is 128 cm³/mol. The standard InChI is InChI=1S/C23H25N3O5S2/c1-3-7-18(16-8-5-4-6-9-16)24-21(27)15(2)31-22(28)17-10-11-19-20(14-17)32-23-25-33(29,30)13-12-26(19)23/h4-6,8-11,14-15,18H,3,7,12-13H2,1-2H3,(H,24,27)/t15-,18+/m0/s1. The fraction of sp³-hybridized carbons (Fsp3) is 0.348. The van der Waals surface area contributed by atoms with E-state index in [-0.39, 0.29) is 23.3 Å². The normalized spacial score (nSPS) is 17.9. The molecule has 0 fully saturated rings. The minimum Gasteiger partial charge on any atom is -0.449 e. The maximum atomic E-state index is 12.7. The second-order valence-electron chi connectivity index (χ2n) is 7.90. The van der Waals surface area contributed by atoms with Crippen LogP contribution < -0.4 is 10.2 Å². The fourth-order valence-electron chi connectivity index (χ4n) is 3.72. The van der Waals surface area contributed by atoms with Crippen LogP contribution in [0.25, 0.3) is 0 Å². The molecule has 0 aromatic heterocycles. The van der Waals surface area contributed by atoms with Gasteiger partial charge in [-0.1, -0.05) is 43.7 Å². The number of esters is 1. The SMILES string of the molecule is CCC[C@@H](NC(=O)[C@H](C)OC(=O)c1ccc2c(c1)SC1=NS(=O)(=O)CCN12)c1ccccc1. The van der Waals surface area contributed by atoms with E-state index < -0.39 is 22.1 Å². The van der Waals surface area contributed by atoms with Gasteiger partial charge in [-0.25, -0.2) is 13.2 Å². The van der Waals surface area contributed by atoms with Crippen molar-refractivity contribution in [2.24, 2.45) is 4.40 Å². The summed E-state index contributed by atoms with van der Waals surface area (Å²) in [5, 5.41) is 3.36. The summed E-state index contributed by atoms with van der Waals surface area (Å²) in [5.41, 5.74) is 2.10. The van der Waals surface area contributed by atoms with E-state index in [1.807, 2.05) is 42.2 Å². The molecule has 2 atom stereocenters. The molecule has 10 heteroatoms. The lowest BCUT2D eigenvalue weighted by Crippen LogP contribution is -2.38. The minimum atomic E-state index is -3.45. The molecule has 0 unspecified atom stereocenters. The molecule has 33 heavy (non-hydrogen) atoms. The Kier molecular flexibility index (Phi) is 6.76. The third-order valence-electron chi connectivity index (χ3n) is 5.46. The number of rotatable bonds is 7. The molecule has 4 rings (SSSR count). The van der Waals surface area contributed by atoms with E-state index in [4.69, 9.17) is 4.74 Å². The summed E-state index contributed by atoms with van der Waals surface area (Å²) in [4.78, 5) is 28.0. The number of ether oxygens (including phenoxy) is 1. The molecule has 0 radical (unpaired) electrons. The van der Waals surface area contributed by atoms with E-state index in [0.717, 1.165) is 29.0 Å². The molecule has 2 aliphatic heterocycles. The third-order valence-corrected chi connectivity index (χ3v) is 7.76. The van der Waals surface area contributed by atoms with E-state index in [1.165, 1.54) is 11.8 Å². The van der Waals surface area contributed by atoms with E-state index in [0.29, 0.717) is 11.7 Å². The molecule has 0 aliphatic carbocycles. The number of hydrogen-bond donors (Lipinski definition) is 1. The second-order valence-corrected chi connectivity index (χ2v) is 10.7. The topological polar surface area (TPSA) is 105 Å². The summed E-state index contributed by atoms with van der Waals surface area (Å²) in [6.07, 6.45) is 0.696. The number of amidine groups is 1. The number of carbonyl (C=O) groups is 2. The molecule has 2 aliphatic rings. The van der Waals surface area contributed by atoms with Gasteiger partial charge in [0.15, 0.2) is 11.3 Å². The number of benzene rings is 2. The maximum Gasteiger partial charge on any atom is 0.338 e. The zero-order valence-corrected chi connectivity index (χ0v) is 20.0. The predicted octanol–water partition coefficient (Wildman–Crippen LogP) is 3.50. The Hall–Kier alpha value is -2.85. The Morgan fingerprint density at radius 1 is 1.21 bits per heavy atom. The Morgan fingerprint density at radius 2 is 1.97 bits per heavy atom. The Morgan fingerprint density at radius 3 is 2.70 bits per heavy atom. The highest BCUT2D eigenvalue weighted by Gasteiger charge is 2.33. The van der Waals surface area contributed by atoms with Gasteiger partial charge in [0.1, 0.15) is 0 Å². The van der Waals surface area contributed by atoms with Gasteiger partial charge in [-0.15, -0.1) is 4.40 Å². The molecular formula is C23H25N3O5S2. The zero-order chi connectivity index (χ0) is 23.6. The summed E-state index contributed by atoms with van der Waals surface area (Å²) < 4.78 is 32.8. The van der Waals surface area contributed by atoms with Crippen LogP contribution in [0.3, 0.4) is 0 Å². The average Bonchev–Trinajstić information content (AvgIpc) is 3.14. The lowest BCUT2D eigenvalue weighted by Gasteiger charge is -2.22. The number of fused-ring (bicyclic) bond motifs is 3. The van der Waals surface area contributed by atoms with Crippen LogP contribution in [0, 0.1) is 0 Å². The van der Waals surface area contributed by atoms with E-state index in [9.17, 15) is 18.0 Å². The van der Waals surface area contributed by atoms with Crippen molar-refractivity contribution in [3.05, 3.63) is 59.7 Å². The summed E-state index contributed by atoms with van der Waals surface area (Å²) >= 11 is 1.20. The zero-order valence-electron chi connectivity index (χ0n) is 18.4.